The van der Waals surface area contributed by atoms with Gasteiger partial charge in [0.25, 0.3) is 0 Å². The number of ether oxygens (including phenoxy) is 1. The Morgan fingerprint density at radius 1 is 1.20 bits per heavy atom. The molecule has 5 heteroatoms. The van der Waals surface area contributed by atoms with Crippen molar-refractivity contribution in [2.45, 2.75) is 32.7 Å². The first kappa shape index (κ1) is 18.4. The zero-order valence-electron chi connectivity index (χ0n) is 15.6. The Hall–Kier alpha value is -1.43. The molecule has 0 bridgehead atoms. The first-order chi connectivity index (χ1) is 12.2. The molecule has 0 N–H and O–H groups in total. The highest BCUT2D eigenvalue weighted by Crippen LogP contribution is 2.27. The molecule has 5 nitrogen and oxygen atoms in total. The number of rotatable bonds is 7. The molecule has 138 valence electrons. The standard InChI is InChI=1S/C20H31N3O2/c1-3-18-15-21(11-12-22(18)13-14-25-4-2)16-20(24)23-10-9-17-7-5-6-8-19(17)23/h5-8,18H,3-4,9-16H2,1-2H3/t18-/m0/s1. The minimum atomic E-state index is 0.238. The highest BCUT2D eigenvalue weighted by Gasteiger charge is 2.29. The Balaban J connectivity index is 1.53. The van der Waals surface area contributed by atoms with Crippen LogP contribution in [0.25, 0.3) is 0 Å². The summed E-state index contributed by atoms with van der Waals surface area (Å²) in [4.78, 5) is 19.6. The zero-order valence-corrected chi connectivity index (χ0v) is 15.6. The Labute approximate surface area is 151 Å². The number of para-hydroxylation sites is 1. The summed E-state index contributed by atoms with van der Waals surface area (Å²) in [6, 6.07) is 8.80. The Morgan fingerprint density at radius 3 is 2.84 bits per heavy atom. The molecule has 0 saturated carbocycles. The van der Waals surface area contributed by atoms with Crippen LogP contribution in [0.3, 0.4) is 0 Å². The van der Waals surface area contributed by atoms with Crippen molar-refractivity contribution < 1.29 is 9.53 Å². The summed E-state index contributed by atoms with van der Waals surface area (Å²) in [5.41, 5.74) is 2.40. The van der Waals surface area contributed by atoms with E-state index in [0.29, 0.717) is 12.6 Å². The summed E-state index contributed by atoms with van der Waals surface area (Å²) < 4.78 is 5.51. The van der Waals surface area contributed by atoms with Crippen molar-refractivity contribution in [1.82, 2.24) is 9.80 Å². The maximum atomic E-state index is 12.8. The lowest BCUT2D eigenvalue weighted by molar-refractivity contribution is -0.120. The maximum Gasteiger partial charge on any atom is 0.241 e. The molecule has 1 saturated heterocycles. The lowest BCUT2D eigenvalue weighted by Gasteiger charge is -2.41. The van der Waals surface area contributed by atoms with Gasteiger partial charge in [0.2, 0.25) is 5.91 Å². The predicted molar refractivity (Wildman–Crippen MR) is 101 cm³/mol. The molecule has 0 radical (unpaired) electrons. The van der Waals surface area contributed by atoms with Crippen LogP contribution in [0.2, 0.25) is 0 Å². The molecular formula is C20H31N3O2. The van der Waals surface area contributed by atoms with Gasteiger partial charge in [-0.3, -0.25) is 14.6 Å². The van der Waals surface area contributed by atoms with Gasteiger partial charge >= 0.3 is 0 Å². The molecule has 2 heterocycles. The molecule has 3 rings (SSSR count). The van der Waals surface area contributed by atoms with Gasteiger partial charge in [-0.15, -0.1) is 0 Å². The van der Waals surface area contributed by atoms with Crippen molar-refractivity contribution in [3.63, 3.8) is 0 Å². The summed E-state index contributed by atoms with van der Waals surface area (Å²) in [6.07, 6.45) is 2.09. The minimum absolute atomic E-state index is 0.238. The smallest absolute Gasteiger partial charge is 0.241 e. The Kier molecular flexibility index (Phi) is 6.45. The van der Waals surface area contributed by atoms with E-state index in [-0.39, 0.29) is 5.91 Å². The largest absolute Gasteiger partial charge is 0.380 e. The van der Waals surface area contributed by atoms with E-state index in [1.807, 2.05) is 17.9 Å². The number of anilines is 1. The van der Waals surface area contributed by atoms with Gasteiger partial charge in [0.05, 0.1) is 13.2 Å². The summed E-state index contributed by atoms with van der Waals surface area (Å²) in [7, 11) is 0. The van der Waals surface area contributed by atoms with Gasteiger partial charge in [-0.2, -0.15) is 0 Å². The van der Waals surface area contributed by atoms with Crippen molar-refractivity contribution in [1.29, 1.82) is 0 Å². The fourth-order valence-electron chi connectivity index (χ4n) is 3.98. The first-order valence-electron chi connectivity index (χ1n) is 9.65. The van der Waals surface area contributed by atoms with Crippen LogP contribution in [0.5, 0.6) is 0 Å². The topological polar surface area (TPSA) is 36.0 Å². The van der Waals surface area contributed by atoms with Crippen LogP contribution in [0.4, 0.5) is 5.69 Å². The van der Waals surface area contributed by atoms with Crippen molar-refractivity contribution in [2.24, 2.45) is 0 Å². The molecule has 1 fully saturated rings. The van der Waals surface area contributed by atoms with Crippen molar-refractivity contribution in [3.8, 4) is 0 Å². The average Bonchev–Trinajstić information content (AvgIpc) is 3.07. The van der Waals surface area contributed by atoms with Gasteiger partial charge in [0.1, 0.15) is 0 Å². The van der Waals surface area contributed by atoms with Crippen LogP contribution in [0.15, 0.2) is 24.3 Å². The monoisotopic (exact) mass is 345 g/mol. The van der Waals surface area contributed by atoms with E-state index in [0.717, 1.165) is 64.5 Å². The van der Waals surface area contributed by atoms with Crippen molar-refractivity contribution in [2.75, 3.05) is 57.4 Å². The molecule has 0 aliphatic carbocycles. The SMILES string of the molecule is CCOCCN1CCN(CC(=O)N2CCc3ccccc32)C[C@@H]1CC. The second-order valence-corrected chi connectivity index (χ2v) is 6.95. The van der Waals surface area contributed by atoms with E-state index in [1.165, 1.54) is 5.56 Å². The van der Waals surface area contributed by atoms with E-state index in [1.54, 1.807) is 0 Å². The van der Waals surface area contributed by atoms with E-state index in [2.05, 4.69) is 34.9 Å². The van der Waals surface area contributed by atoms with Gasteiger partial charge in [-0.25, -0.2) is 0 Å². The number of nitrogens with zero attached hydrogens (tertiary/aromatic N) is 3. The zero-order chi connectivity index (χ0) is 17.6. The summed E-state index contributed by atoms with van der Waals surface area (Å²) in [6.45, 7) is 11.2. The highest BCUT2D eigenvalue weighted by molar-refractivity contribution is 5.96. The number of piperazine rings is 1. The van der Waals surface area contributed by atoms with Crippen molar-refractivity contribution in [3.05, 3.63) is 29.8 Å². The van der Waals surface area contributed by atoms with Crippen LogP contribution in [0, 0.1) is 0 Å². The van der Waals surface area contributed by atoms with Crippen LogP contribution in [0.1, 0.15) is 25.8 Å². The number of carbonyl (C=O) groups is 1. The van der Waals surface area contributed by atoms with E-state index in [9.17, 15) is 4.79 Å². The molecule has 0 spiro atoms. The predicted octanol–water partition coefficient (Wildman–Crippen LogP) is 2.01. The van der Waals surface area contributed by atoms with E-state index < -0.39 is 0 Å². The third-order valence-corrected chi connectivity index (χ3v) is 5.43. The highest BCUT2D eigenvalue weighted by atomic mass is 16.5. The Bertz CT molecular complexity index is 578. The fraction of sp³-hybridized carbons (Fsp3) is 0.650. The summed E-state index contributed by atoms with van der Waals surface area (Å²) in [5, 5.41) is 0. The van der Waals surface area contributed by atoms with Gasteiger partial charge in [-0.05, 0) is 31.4 Å². The molecule has 1 amide bonds. The first-order valence-corrected chi connectivity index (χ1v) is 9.65. The van der Waals surface area contributed by atoms with Gasteiger partial charge in [-0.1, -0.05) is 25.1 Å². The van der Waals surface area contributed by atoms with Gasteiger partial charge < -0.3 is 9.64 Å². The lowest BCUT2D eigenvalue weighted by Crippen LogP contribution is -2.55. The number of benzene rings is 1. The molecule has 0 unspecified atom stereocenters. The number of hydrogen-bond acceptors (Lipinski definition) is 4. The second kappa shape index (κ2) is 8.79. The molecule has 1 atom stereocenters. The maximum absolute atomic E-state index is 12.8. The average molecular weight is 345 g/mol. The van der Waals surface area contributed by atoms with Crippen LogP contribution in [-0.4, -0.2) is 74.2 Å². The molecule has 1 aromatic carbocycles. The second-order valence-electron chi connectivity index (χ2n) is 6.95. The Morgan fingerprint density at radius 2 is 2.04 bits per heavy atom. The van der Waals surface area contributed by atoms with E-state index >= 15 is 0 Å². The number of carbonyl (C=O) groups excluding carboxylic acids is 1. The summed E-state index contributed by atoms with van der Waals surface area (Å²) in [5.74, 6) is 0.238. The van der Waals surface area contributed by atoms with Crippen LogP contribution < -0.4 is 4.90 Å². The molecule has 1 aromatic rings. The lowest BCUT2D eigenvalue weighted by atomic mass is 10.1. The third-order valence-electron chi connectivity index (χ3n) is 5.43. The fourth-order valence-corrected chi connectivity index (χ4v) is 3.98. The van der Waals surface area contributed by atoms with Gasteiger partial charge in [0.15, 0.2) is 0 Å². The number of hydrogen-bond donors (Lipinski definition) is 0. The molecule has 25 heavy (non-hydrogen) atoms. The van der Waals surface area contributed by atoms with E-state index in [4.69, 9.17) is 4.74 Å². The number of amides is 1. The van der Waals surface area contributed by atoms with Crippen molar-refractivity contribution >= 4 is 11.6 Å². The van der Waals surface area contributed by atoms with Crippen LogP contribution >= 0.6 is 0 Å². The third kappa shape index (κ3) is 4.40. The normalized spacial score (nSPS) is 21.5. The van der Waals surface area contributed by atoms with Gasteiger partial charge in [0, 0.05) is 51.1 Å². The number of fused-ring (bicyclic) bond motifs is 1. The summed E-state index contributed by atoms with van der Waals surface area (Å²) >= 11 is 0. The molecule has 0 aromatic heterocycles. The molecular weight excluding hydrogens is 314 g/mol. The molecule has 2 aliphatic rings. The minimum Gasteiger partial charge on any atom is -0.380 e. The molecule has 2 aliphatic heterocycles. The van der Waals surface area contributed by atoms with Crippen LogP contribution in [-0.2, 0) is 16.0 Å². The quantitative estimate of drug-likeness (QED) is 0.708.